The number of halogens is 2. The summed E-state index contributed by atoms with van der Waals surface area (Å²) in [5.41, 5.74) is 1.67. The van der Waals surface area contributed by atoms with Crippen LogP contribution in [0, 0.1) is 0 Å². The van der Waals surface area contributed by atoms with Crippen molar-refractivity contribution in [1.29, 1.82) is 0 Å². The van der Waals surface area contributed by atoms with Crippen molar-refractivity contribution in [2.24, 2.45) is 0 Å². The molecule has 24 heavy (non-hydrogen) atoms. The van der Waals surface area contributed by atoms with Crippen molar-refractivity contribution in [3.63, 3.8) is 0 Å². The van der Waals surface area contributed by atoms with Crippen LogP contribution in [0.3, 0.4) is 0 Å². The van der Waals surface area contributed by atoms with Crippen molar-refractivity contribution >= 4 is 40.2 Å². The maximum atomic E-state index is 12.3. The lowest BCUT2D eigenvalue weighted by Gasteiger charge is -2.15. The van der Waals surface area contributed by atoms with Gasteiger partial charge in [0.15, 0.2) is 5.58 Å². The van der Waals surface area contributed by atoms with Crippen molar-refractivity contribution in [2.45, 2.75) is 19.5 Å². The lowest BCUT2D eigenvalue weighted by molar-refractivity contribution is -0.122. The molecule has 0 radical (unpaired) electrons. The van der Waals surface area contributed by atoms with E-state index in [2.05, 4.69) is 5.32 Å². The van der Waals surface area contributed by atoms with Gasteiger partial charge in [0, 0.05) is 16.1 Å². The number of carbonyl (C=O) groups excluding carboxylic acids is 1. The highest BCUT2D eigenvalue weighted by Crippen LogP contribution is 2.22. The number of carbonyl (C=O) groups is 1. The fourth-order valence-corrected chi connectivity index (χ4v) is 2.99. The van der Waals surface area contributed by atoms with Crippen LogP contribution >= 0.6 is 23.2 Å². The second kappa shape index (κ2) is 6.71. The van der Waals surface area contributed by atoms with Crippen LogP contribution in [0.25, 0.3) is 11.1 Å². The quantitative estimate of drug-likeness (QED) is 0.765. The number of hydrogen-bond acceptors (Lipinski definition) is 3. The molecule has 0 spiro atoms. The van der Waals surface area contributed by atoms with Crippen molar-refractivity contribution in [3.8, 4) is 0 Å². The number of aromatic nitrogens is 1. The first-order valence-electron chi connectivity index (χ1n) is 7.28. The fraction of sp³-hybridized carbons (Fsp3) is 0.176. The Morgan fingerprint density at radius 3 is 2.75 bits per heavy atom. The van der Waals surface area contributed by atoms with Crippen molar-refractivity contribution in [3.05, 3.63) is 68.6 Å². The Balaban J connectivity index is 1.79. The van der Waals surface area contributed by atoms with Gasteiger partial charge in [-0.2, -0.15) is 0 Å². The summed E-state index contributed by atoms with van der Waals surface area (Å²) in [6.07, 6.45) is 0. The van der Waals surface area contributed by atoms with Gasteiger partial charge < -0.3 is 9.73 Å². The topological polar surface area (TPSA) is 64.2 Å². The molecule has 0 aliphatic heterocycles. The molecule has 2 aromatic carbocycles. The average Bonchev–Trinajstić information content (AvgIpc) is 2.82. The van der Waals surface area contributed by atoms with E-state index in [1.165, 1.54) is 4.57 Å². The highest BCUT2D eigenvalue weighted by molar-refractivity contribution is 6.31. The molecule has 0 saturated heterocycles. The van der Waals surface area contributed by atoms with E-state index in [4.69, 9.17) is 27.6 Å². The third-order valence-corrected chi connectivity index (χ3v) is 4.26. The molecule has 1 aromatic heterocycles. The van der Waals surface area contributed by atoms with Crippen LogP contribution in [0.2, 0.25) is 10.0 Å². The highest BCUT2D eigenvalue weighted by Gasteiger charge is 2.16. The molecule has 0 fully saturated rings. The molecule has 1 N–H and O–H groups in total. The molecule has 3 rings (SSSR count). The van der Waals surface area contributed by atoms with Crippen LogP contribution < -0.4 is 11.1 Å². The molecular formula is C17H14Cl2N2O3. The van der Waals surface area contributed by atoms with Gasteiger partial charge in [-0.15, -0.1) is 0 Å². The van der Waals surface area contributed by atoms with E-state index in [0.29, 0.717) is 21.1 Å². The number of amides is 1. The largest absolute Gasteiger partial charge is 0.420 e. The van der Waals surface area contributed by atoms with Gasteiger partial charge in [-0.25, -0.2) is 4.79 Å². The minimum absolute atomic E-state index is 0.151. The van der Waals surface area contributed by atoms with Crippen LogP contribution in [0.15, 0.2) is 51.7 Å². The number of rotatable bonds is 4. The molecule has 0 aliphatic carbocycles. The minimum atomic E-state index is -0.604. The molecule has 0 aliphatic rings. The number of nitrogens with zero attached hydrogens (tertiary/aromatic N) is 1. The first-order chi connectivity index (χ1) is 11.5. The zero-order valence-corrected chi connectivity index (χ0v) is 14.3. The molecule has 5 nitrogen and oxygen atoms in total. The summed E-state index contributed by atoms with van der Waals surface area (Å²) >= 11 is 12.0. The average molecular weight is 365 g/mol. The van der Waals surface area contributed by atoms with Gasteiger partial charge in [0.05, 0.1) is 11.6 Å². The summed E-state index contributed by atoms with van der Waals surface area (Å²) in [5.74, 6) is -0.921. The van der Waals surface area contributed by atoms with Gasteiger partial charge in [-0.05, 0) is 30.7 Å². The Kier molecular flexibility index (Phi) is 4.64. The summed E-state index contributed by atoms with van der Waals surface area (Å²) in [5, 5.41) is 3.86. The van der Waals surface area contributed by atoms with Gasteiger partial charge in [0.25, 0.3) is 0 Å². The molecule has 0 saturated carbocycles. The van der Waals surface area contributed by atoms with E-state index in [9.17, 15) is 9.59 Å². The SMILES string of the molecule is C[C@H](NC(=O)Cn1c(=O)oc2cc(Cl)ccc21)c1ccccc1Cl. The smallest absolute Gasteiger partial charge is 0.408 e. The van der Waals surface area contributed by atoms with Crippen LogP contribution in [-0.2, 0) is 11.3 Å². The molecule has 1 heterocycles. The third kappa shape index (κ3) is 3.32. The summed E-state index contributed by atoms with van der Waals surface area (Å²) < 4.78 is 6.38. The predicted molar refractivity (Wildman–Crippen MR) is 93.5 cm³/mol. The Morgan fingerprint density at radius 1 is 1.25 bits per heavy atom. The van der Waals surface area contributed by atoms with Crippen LogP contribution in [0.1, 0.15) is 18.5 Å². The molecule has 124 valence electrons. The maximum absolute atomic E-state index is 12.3. The van der Waals surface area contributed by atoms with E-state index >= 15 is 0 Å². The minimum Gasteiger partial charge on any atom is -0.408 e. The molecule has 3 aromatic rings. The fourth-order valence-electron chi connectivity index (χ4n) is 2.52. The summed E-state index contributed by atoms with van der Waals surface area (Å²) in [6, 6.07) is 11.8. The summed E-state index contributed by atoms with van der Waals surface area (Å²) in [7, 11) is 0. The lowest BCUT2D eigenvalue weighted by atomic mass is 10.1. The van der Waals surface area contributed by atoms with E-state index in [1.807, 2.05) is 25.1 Å². The van der Waals surface area contributed by atoms with Gasteiger partial charge in [0.2, 0.25) is 5.91 Å². The van der Waals surface area contributed by atoms with Crippen LogP contribution in [0.4, 0.5) is 0 Å². The molecule has 1 amide bonds. The Labute approximate surface area is 147 Å². The predicted octanol–water partition coefficient (Wildman–Crippen LogP) is 3.78. The van der Waals surface area contributed by atoms with E-state index in [0.717, 1.165) is 5.56 Å². The van der Waals surface area contributed by atoms with Crippen LogP contribution in [-0.4, -0.2) is 10.5 Å². The monoisotopic (exact) mass is 364 g/mol. The Hall–Kier alpha value is -2.24. The second-order valence-corrected chi connectivity index (χ2v) is 6.22. The van der Waals surface area contributed by atoms with Gasteiger partial charge in [-0.3, -0.25) is 9.36 Å². The lowest BCUT2D eigenvalue weighted by Crippen LogP contribution is -2.32. The van der Waals surface area contributed by atoms with E-state index < -0.39 is 5.76 Å². The maximum Gasteiger partial charge on any atom is 0.420 e. The molecule has 7 heteroatoms. The molecule has 0 bridgehead atoms. The number of benzene rings is 2. The normalized spacial score (nSPS) is 12.3. The zero-order valence-electron chi connectivity index (χ0n) is 12.8. The standard InChI is InChI=1S/C17H14Cl2N2O3/c1-10(12-4-2-3-5-13(12)19)20-16(22)9-21-14-7-6-11(18)8-15(14)24-17(21)23/h2-8,10H,9H2,1H3,(H,20,22)/t10-/m0/s1. The third-order valence-electron chi connectivity index (χ3n) is 3.68. The van der Waals surface area contributed by atoms with E-state index in [1.54, 1.807) is 24.3 Å². The first kappa shape index (κ1) is 16.6. The van der Waals surface area contributed by atoms with Crippen LogP contribution in [0.5, 0.6) is 0 Å². The van der Waals surface area contributed by atoms with Gasteiger partial charge >= 0.3 is 5.76 Å². The zero-order chi connectivity index (χ0) is 17.3. The highest BCUT2D eigenvalue weighted by atomic mass is 35.5. The van der Waals surface area contributed by atoms with E-state index in [-0.39, 0.29) is 18.5 Å². The van der Waals surface area contributed by atoms with Crippen molar-refractivity contribution < 1.29 is 9.21 Å². The van der Waals surface area contributed by atoms with Crippen molar-refractivity contribution in [2.75, 3.05) is 0 Å². The second-order valence-electron chi connectivity index (χ2n) is 5.38. The number of hydrogen-bond donors (Lipinski definition) is 1. The van der Waals surface area contributed by atoms with Gasteiger partial charge in [-0.1, -0.05) is 41.4 Å². The summed E-state index contributed by atoms with van der Waals surface area (Å²) in [4.78, 5) is 24.2. The number of nitrogens with one attached hydrogen (secondary N) is 1. The van der Waals surface area contributed by atoms with Gasteiger partial charge in [0.1, 0.15) is 6.54 Å². The first-order valence-corrected chi connectivity index (χ1v) is 8.04. The molecule has 0 unspecified atom stereocenters. The van der Waals surface area contributed by atoms with Crippen molar-refractivity contribution in [1.82, 2.24) is 9.88 Å². The number of fused-ring (bicyclic) bond motifs is 1. The molecular weight excluding hydrogens is 351 g/mol. The summed E-state index contributed by atoms with van der Waals surface area (Å²) in [6.45, 7) is 1.68. The Bertz CT molecular complexity index is 962. The Morgan fingerprint density at radius 2 is 2.00 bits per heavy atom. The molecule has 1 atom stereocenters. The number of oxazole rings is 1.